The summed E-state index contributed by atoms with van der Waals surface area (Å²) in [6.45, 7) is 0. The van der Waals surface area contributed by atoms with E-state index < -0.39 is 11.1 Å². The molecule has 1 N–H and O–H groups in total. The van der Waals surface area contributed by atoms with Crippen LogP contribution in [0.15, 0.2) is 24.3 Å². The number of phenols is 1. The summed E-state index contributed by atoms with van der Waals surface area (Å²) in [5, 5.41) is 35.4. The predicted molar refractivity (Wildman–Crippen MR) is 40.2 cm³/mol. The molecule has 0 saturated carbocycles. The minimum absolute atomic E-state index is 0. The first-order valence-corrected chi connectivity index (χ1v) is 3.25. The molecule has 0 fully saturated rings. The molecular weight excluding hydrogens is 272 g/mol. The number of nitro benzene ring substituents is 1. The number of rotatable bonds is 1. The van der Waals surface area contributed by atoms with Crippen molar-refractivity contribution in [2.45, 2.75) is 0 Å². The Morgan fingerprint density at radius 1 is 1.12 bits per heavy atom. The Balaban J connectivity index is -0.000000249. The largest absolute Gasteiger partial charge is 1.00 e. The van der Waals surface area contributed by atoms with Crippen molar-refractivity contribution in [3.63, 3.8) is 0 Å². The second-order valence-electron chi connectivity index (χ2n) is 2.02. The van der Waals surface area contributed by atoms with Crippen molar-refractivity contribution in [3.8, 4) is 5.75 Å². The number of phenolic OH excluding ortho intramolecular Hbond substituents is 1. The summed E-state index contributed by atoms with van der Waals surface area (Å²) in [6, 6.07) is 5.04. The van der Waals surface area contributed by atoms with E-state index in [1.165, 1.54) is 24.3 Å². The Morgan fingerprint density at radius 2 is 1.44 bits per heavy atom. The first-order valence-electron chi connectivity index (χ1n) is 3.25. The normalized spacial score (nSPS) is 7.25. The maximum absolute atomic E-state index is 10.0. The third kappa shape index (κ3) is 13.0. The smallest absolute Gasteiger partial charge is 0.652 e. The Kier molecular flexibility index (Phi) is 17.2. The second kappa shape index (κ2) is 12.4. The summed E-state index contributed by atoms with van der Waals surface area (Å²) < 4.78 is 0. The molecule has 0 aliphatic carbocycles. The van der Waals surface area contributed by atoms with Crippen LogP contribution in [0.4, 0.5) is 10.5 Å². The zero-order chi connectivity index (χ0) is 11.1. The Morgan fingerprint density at radius 3 is 1.69 bits per heavy atom. The quantitative estimate of drug-likeness (QED) is 0.309. The fraction of sp³-hybridized carbons (Fsp3) is 0. The van der Waals surface area contributed by atoms with Crippen molar-refractivity contribution in [1.29, 1.82) is 0 Å². The minimum Gasteiger partial charge on any atom is -0.652 e. The number of hydrogen-bond acceptors (Lipinski definition) is 6. The number of non-ortho nitro benzene ring substituents is 1. The van der Waals surface area contributed by atoms with E-state index in [9.17, 15) is 10.1 Å². The van der Waals surface area contributed by atoms with Crippen LogP contribution in [-0.2, 0) is 0 Å². The summed E-state index contributed by atoms with van der Waals surface area (Å²) in [7, 11) is 0. The molecule has 16 heavy (non-hydrogen) atoms. The van der Waals surface area contributed by atoms with E-state index in [1.807, 2.05) is 0 Å². The summed E-state index contributed by atoms with van der Waals surface area (Å²) in [5.74, 6) is 0.0330. The maximum atomic E-state index is 10.0. The standard InChI is InChI=1S/C6H5NO3.CH2O3.2K/c8-6-3-1-5(2-4-6)7(9)10;2-1(3)4;;/h1-4,8H;(H2,2,3,4);;/q;;2*+1/p-2. The Hall–Kier alpha value is 0.963. The molecule has 0 radical (unpaired) electrons. The summed E-state index contributed by atoms with van der Waals surface area (Å²) in [4.78, 5) is 17.9. The number of carbonyl (C=O) groups is 1. The maximum Gasteiger partial charge on any atom is 1.00 e. The van der Waals surface area contributed by atoms with Gasteiger partial charge in [0, 0.05) is 12.1 Å². The van der Waals surface area contributed by atoms with E-state index in [4.69, 9.17) is 20.1 Å². The molecule has 0 amide bonds. The number of aromatic hydroxyl groups is 1. The van der Waals surface area contributed by atoms with Gasteiger partial charge in [0.1, 0.15) is 5.75 Å². The van der Waals surface area contributed by atoms with E-state index in [1.54, 1.807) is 0 Å². The first kappa shape index (κ1) is 22.2. The number of nitro groups is 1. The van der Waals surface area contributed by atoms with Gasteiger partial charge < -0.3 is 20.1 Å². The summed E-state index contributed by atoms with van der Waals surface area (Å²) in [5.41, 5.74) is -0.0159. The van der Waals surface area contributed by atoms with E-state index in [0.717, 1.165) is 0 Å². The molecule has 1 rings (SSSR count). The third-order valence-electron chi connectivity index (χ3n) is 1.06. The van der Waals surface area contributed by atoms with Crippen molar-refractivity contribution in [3.05, 3.63) is 34.4 Å². The summed E-state index contributed by atoms with van der Waals surface area (Å²) >= 11 is 0. The molecule has 0 atom stereocenters. The van der Waals surface area contributed by atoms with Gasteiger partial charge in [-0.2, -0.15) is 0 Å². The van der Waals surface area contributed by atoms with Crippen LogP contribution >= 0.6 is 0 Å². The van der Waals surface area contributed by atoms with Gasteiger partial charge in [0.2, 0.25) is 0 Å². The van der Waals surface area contributed by atoms with Gasteiger partial charge in [0.25, 0.3) is 5.69 Å². The fourth-order valence-electron chi connectivity index (χ4n) is 0.574. The van der Waals surface area contributed by atoms with Gasteiger partial charge in [-0.05, 0) is 18.3 Å². The monoisotopic (exact) mass is 277 g/mol. The van der Waals surface area contributed by atoms with Crippen LogP contribution in [0.1, 0.15) is 0 Å². The van der Waals surface area contributed by atoms with Crippen LogP contribution in [0.3, 0.4) is 0 Å². The van der Waals surface area contributed by atoms with Gasteiger partial charge in [0.05, 0.1) is 4.92 Å². The topological polar surface area (TPSA) is 127 Å². The predicted octanol–water partition coefficient (Wildman–Crippen LogP) is -7.14. The number of carbonyl (C=O) groups excluding carboxylic acids is 1. The van der Waals surface area contributed by atoms with Gasteiger partial charge in [-0.25, -0.2) is 0 Å². The van der Waals surface area contributed by atoms with Crippen molar-refractivity contribution in [1.82, 2.24) is 0 Å². The Labute approximate surface area is 176 Å². The van der Waals surface area contributed by atoms with Crippen molar-refractivity contribution < 1.29 is 128 Å². The van der Waals surface area contributed by atoms with E-state index in [0.29, 0.717) is 0 Å². The van der Waals surface area contributed by atoms with Crippen molar-refractivity contribution in [2.24, 2.45) is 0 Å². The van der Waals surface area contributed by atoms with Crippen LogP contribution in [-0.4, -0.2) is 16.2 Å². The molecule has 1 aromatic rings. The number of hydrogen-bond donors (Lipinski definition) is 1. The molecular formula is C7H5K2NO6. The molecule has 0 aromatic heterocycles. The molecule has 0 aliphatic heterocycles. The number of carboxylic acid groups (broad SMARTS) is 2. The molecule has 1 aromatic carbocycles. The van der Waals surface area contributed by atoms with Crippen LogP contribution in [0, 0.1) is 10.1 Å². The van der Waals surface area contributed by atoms with Gasteiger partial charge >= 0.3 is 103 Å². The third-order valence-corrected chi connectivity index (χ3v) is 1.06. The minimum atomic E-state index is -2.33. The molecule has 0 aliphatic rings. The molecule has 0 saturated heterocycles. The fourth-order valence-corrected chi connectivity index (χ4v) is 0.574. The SMILES string of the molecule is O=C([O-])[O-].O=[N+]([O-])c1ccc(O)cc1.[K+].[K+]. The first-order chi connectivity index (χ1) is 6.43. The van der Waals surface area contributed by atoms with E-state index >= 15 is 0 Å². The number of nitrogens with zero attached hydrogens (tertiary/aromatic N) is 1. The van der Waals surface area contributed by atoms with Crippen LogP contribution in [0.25, 0.3) is 0 Å². The van der Waals surface area contributed by atoms with Crippen LogP contribution in [0.5, 0.6) is 5.75 Å². The van der Waals surface area contributed by atoms with Crippen LogP contribution in [0.2, 0.25) is 0 Å². The van der Waals surface area contributed by atoms with Crippen molar-refractivity contribution in [2.75, 3.05) is 0 Å². The molecule has 0 bridgehead atoms. The van der Waals surface area contributed by atoms with Crippen molar-refractivity contribution >= 4 is 11.8 Å². The zero-order valence-corrected chi connectivity index (χ0v) is 15.0. The van der Waals surface area contributed by atoms with Gasteiger partial charge in [0.15, 0.2) is 0 Å². The van der Waals surface area contributed by atoms with E-state index in [2.05, 4.69) is 0 Å². The molecule has 0 unspecified atom stereocenters. The van der Waals surface area contributed by atoms with E-state index in [-0.39, 0.29) is 114 Å². The van der Waals surface area contributed by atoms with Gasteiger partial charge in [-0.3, -0.25) is 10.1 Å². The van der Waals surface area contributed by atoms with Gasteiger partial charge in [-0.1, -0.05) is 0 Å². The second-order valence-corrected chi connectivity index (χ2v) is 2.02. The molecule has 9 heteroatoms. The average Bonchev–Trinajstić information content (AvgIpc) is 2.03. The molecule has 7 nitrogen and oxygen atoms in total. The zero-order valence-electron chi connectivity index (χ0n) is 8.75. The number of benzene rings is 1. The Bertz CT molecular complexity index is 324. The van der Waals surface area contributed by atoms with Crippen LogP contribution < -0.4 is 113 Å². The van der Waals surface area contributed by atoms with Gasteiger partial charge in [-0.15, -0.1) is 0 Å². The molecule has 76 valence electrons. The average molecular weight is 277 g/mol. The molecule has 0 spiro atoms. The summed E-state index contributed by atoms with van der Waals surface area (Å²) in [6.07, 6.45) is -2.33. The molecule has 0 heterocycles.